The lowest BCUT2D eigenvalue weighted by Crippen LogP contribution is -2.36. The maximum Gasteiger partial charge on any atom is 0.410 e. The fraction of sp³-hybridized carbons (Fsp3) is 0.615. The predicted octanol–water partition coefficient (Wildman–Crippen LogP) is 3.20. The van der Waals surface area contributed by atoms with E-state index in [4.69, 9.17) is 16.3 Å². The van der Waals surface area contributed by atoms with Gasteiger partial charge in [0, 0.05) is 18.9 Å². The van der Waals surface area contributed by atoms with Gasteiger partial charge in [0.15, 0.2) is 5.15 Å². The molecule has 104 valence electrons. The molecule has 19 heavy (non-hydrogen) atoms. The summed E-state index contributed by atoms with van der Waals surface area (Å²) in [6.07, 6.45) is 4.55. The van der Waals surface area contributed by atoms with Crippen LogP contribution in [0.1, 0.15) is 45.3 Å². The molecular weight excluding hydrogens is 266 g/mol. The summed E-state index contributed by atoms with van der Waals surface area (Å²) in [5.41, 5.74) is 0.142. The second-order valence-electron chi connectivity index (χ2n) is 5.56. The molecule has 0 N–H and O–H groups in total. The van der Waals surface area contributed by atoms with E-state index in [0.717, 1.165) is 12.8 Å². The molecule has 1 aliphatic rings. The van der Waals surface area contributed by atoms with Crippen molar-refractivity contribution >= 4 is 17.7 Å². The number of halogens is 1. The molecule has 0 bridgehead atoms. The van der Waals surface area contributed by atoms with E-state index in [2.05, 4.69) is 9.97 Å². The van der Waals surface area contributed by atoms with Gasteiger partial charge in [-0.2, -0.15) is 0 Å². The van der Waals surface area contributed by atoms with Crippen molar-refractivity contribution in [3.8, 4) is 0 Å². The van der Waals surface area contributed by atoms with Crippen LogP contribution < -0.4 is 0 Å². The summed E-state index contributed by atoms with van der Waals surface area (Å²) >= 11 is 6.05. The highest BCUT2D eigenvalue weighted by Gasteiger charge is 2.35. The number of carbonyl (C=O) groups excluding carboxylic acids is 1. The minimum Gasteiger partial charge on any atom is -0.444 e. The van der Waals surface area contributed by atoms with Gasteiger partial charge in [-0.1, -0.05) is 11.6 Å². The Balaban J connectivity index is 2.18. The number of rotatable bonds is 1. The van der Waals surface area contributed by atoms with Crippen molar-refractivity contribution in [1.82, 2.24) is 14.9 Å². The molecule has 1 atom stereocenters. The van der Waals surface area contributed by atoms with Gasteiger partial charge in [0.25, 0.3) is 0 Å². The van der Waals surface area contributed by atoms with Gasteiger partial charge in [-0.15, -0.1) is 0 Å². The number of hydrogen-bond acceptors (Lipinski definition) is 4. The maximum atomic E-state index is 12.2. The van der Waals surface area contributed by atoms with Crippen LogP contribution in [-0.2, 0) is 4.74 Å². The fourth-order valence-corrected chi connectivity index (χ4v) is 2.38. The third kappa shape index (κ3) is 3.35. The highest BCUT2D eigenvalue weighted by Crippen LogP contribution is 2.34. The molecule has 0 radical (unpaired) electrons. The Morgan fingerprint density at radius 3 is 2.74 bits per heavy atom. The first-order chi connectivity index (χ1) is 8.88. The topological polar surface area (TPSA) is 55.3 Å². The molecule has 2 rings (SSSR count). The SMILES string of the molecule is CC(C)(C)OC(=O)N1CCC[C@@H]1c1nccnc1Cl. The van der Waals surface area contributed by atoms with Gasteiger partial charge in [-0.25, -0.2) is 9.78 Å². The minimum absolute atomic E-state index is 0.143. The van der Waals surface area contributed by atoms with Crippen LogP contribution in [0.3, 0.4) is 0 Å². The van der Waals surface area contributed by atoms with Crippen molar-refractivity contribution in [1.29, 1.82) is 0 Å². The summed E-state index contributed by atoms with van der Waals surface area (Å²) in [4.78, 5) is 22.1. The molecule has 0 spiro atoms. The van der Waals surface area contributed by atoms with Crippen molar-refractivity contribution in [2.75, 3.05) is 6.54 Å². The Kier molecular flexibility index (Phi) is 3.94. The maximum absolute atomic E-state index is 12.2. The van der Waals surface area contributed by atoms with Crippen molar-refractivity contribution < 1.29 is 9.53 Å². The molecule has 6 heteroatoms. The zero-order valence-corrected chi connectivity index (χ0v) is 12.1. The monoisotopic (exact) mass is 283 g/mol. The first-order valence-corrected chi connectivity index (χ1v) is 6.72. The van der Waals surface area contributed by atoms with Crippen LogP contribution in [0.4, 0.5) is 4.79 Å². The van der Waals surface area contributed by atoms with Crippen LogP contribution in [0, 0.1) is 0 Å². The van der Waals surface area contributed by atoms with E-state index in [-0.39, 0.29) is 12.1 Å². The lowest BCUT2D eigenvalue weighted by Gasteiger charge is -2.28. The smallest absolute Gasteiger partial charge is 0.410 e. The molecule has 0 saturated carbocycles. The number of amides is 1. The third-order valence-electron chi connectivity index (χ3n) is 2.88. The molecule has 2 heterocycles. The summed E-state index contributed by atoms with van der Waals surface area (Å²) < 4.78 is 5.41. The van der Waals surface area contributed by atoms with E-state index < -0.39 is 5.60 Å². The van der Waals surface area contributed by atoms with Gasteiger partial charge in [-0.3, -0.25) is 9.88 Å². The molecule has 1 saturated heterocycles. The van der Waals surface area contributed by atoms with E-state index in [1.165, 1.54) is 0 Å². The number of aromatic nitrogens is 2. The Morgan fingerprint density at radius 1 is 1.42 bits per heavy atom. The average Bonchev–Trinajstić information content (AvgIpc) is 2.76. The van der Waals surface area contributed by atoms with Gasteiger partial charge >= 0.3 is 6.09 Å². The van der Waals surface area contributed by atoms with E-state index in [1.807, 2.05) is 20.8 Å². The van der Waals surface area contributed by atoms with Crippen molar-refractivity contribution in [3.05, 3.63) is 23.2 Å². The van der Waals surface area contributed by atoms with Crippen LogP contribution in [0.5, 0.6) is 0 Å². The van der Waals surface area contributed by atoms with E-state index in [0.29, 0.717) is 17.4 Å². The molecule has 1 aromatic heterocycles. The van der Waals surface area contributed by atoms with Crippen molar-refractivity contribution in [2.24, 2.45) is 0 Å². The Morgan fingerprint density at radius 2 is 2.11 bits per heavy atom. The molecular formula is C13H18ClN3O2. The van der Waals surface area contributed by atoms with E-state index in [1.54, 1.807) is 17.3 Å². The molecule has 1 aliphatic heterocycles. The highest BCUT2D eigenvalue weighted by atomic mass is 35.5. The van der Waals surface area contributed by atoms with Gasteiger partial charge in [0.1, 0.15) is 11.3 Å². The molecule has 1 aromatic rings. The number of carbonyl (C=O) groups is 1. The van der Waals surface area contributed by atoms with Gasteiger partial charge < -0.3 is 4.74 Å². The normalized spacial score (nSPS) is 19.6. The summed E-state index contributed by atoms with van der Waals surface area (Å²) in [7, 11) is 0. The minimum atomic E-state index is -0.504. The van der Waals surface area contributed by atoms with Crippen LogP contribution in [-0.4, -0.2) is 33.1 Å². The quantitative estimate of drug-likeness (QED) is 0.794. The first-order valence-electron chi connectivity index (χ1n) is 6.34. The molecule has 1 amide bonds. The zero-order valence-electron chi connectivity index (χ0n) is 11.4. The second-order valence-corrected chi connectivity index (χ2v) is 5.92. The fourth-order valence-electron chi connectivity index (χ4n) is 2.15. The summed E-state index contributed by atoms with van der Waals surface area (Å²) in [6, 6.07) is -0.143. The number of hydrogen-bond donors (Lipinski definition) is 0. The molecule has 1 fully saturated rings. The Hall–Kier alpha value is -1.36. The molecule has 0 aliphatic carbocycles. The van der Waals surface area contributed by atoms with Crippen LogP contribution >= 0.6 is 11.6 Å². The highest BCUT2D eigenvalue weighted by molar-refractivity contribution is 6.30. The lowest BCUT2D eigenvalue weighted by molar-refractivity contribution is 0.0221. The first kappa shape index (κ1) is 14.1. The van der Waals surface area contributed by atoms with Crippen LogP contribution in [0.25, 0.3) is 0 Å². The lowest BCUT2D eigenvalue weighted by atomic mass is 10.1. The van der Waals surface area contributed by atoms with Gasteiger partial charge in [0.2, 0.25) is 0 Å². The number of likely N-dealkylation sites (tertiary alicyclic amines) is 1. The average molecular weight is 284 g/mol. The molecule has 0 aromatic carbocycles. The molecule has 0 unspecified atom stereocenters. The van der Waals surface area contributed by atoms with E-state index >= 15 is 0 Å². The van der Waals surface area contributed by atoms with E-state index in [9.17, 15) is 4.79 Å². The van der Waals surface area contributed by atoms with Crippen molar-refractivity contribution in [3.63, 3.8) is 0 Å². The summed E-state index contributed by atoms with van der Waals surface area (Å²) in [5, 5.41) is 0.350. The summed E-state index contributed by atoms with van der Waals surface area (Å²) in [6.45, 7) is 6.22. The second kappa shape index (κ2) is 5.33. The van der Waals surface area contributed by atoms with Crippen molar-refractivity contribution in [2.45, 2.75) is 45.3 Å². The predicted molar refractivity (Wildman–Crippen MR) is 72.0 cm³/mol. The largest absolute Gasteiger partial charge is 0.444 e. The van der Waals surface area contributed by atoms with Crippen LogP contribution in [0.2, 0.25) is 5.15 Å². The van der Waals surface area contributed by atoms with Gasteiger partial charge in [-0.05, 0) is 33.6 Å². The Labute approximate surface area is 117 Å². The Bertz CT molecular complexity index is 473. The standard InChI is InChI=1S/C13H18ClN3O2/c1-13(2,3)19-12(18)17-8-4-5-9(17)10-11(14)16-7-6-15-10/h6-7,9H,4-5,8H2,1-3H3/t9-/m1/s1. The van der Waals surface area contributed by atoms with Crippen LogP contribution in [0.15, 0.2) is 12.4 Å². The zero-order chi connectivity index (χ0) is 14.0. The third-order valence-corrected chi connectivity index (χ3v) is 3.17. The van der Waals surface area contributed by atoms with Gasteiger partial charge in [0.05, 0.1) is 6.04 Å². The summed E-state index contributed by atoms with van der Waals surface area (Å²) in [5.74, 6) is 0. The number of nitrogens with zero attached hydrogens (tertiary/aromatic N) is 3. The number of ether oxygens (including phenoxy) is 1. The molecule has 5 nitrogen and oxygen atoms in total.